The van der Waals surface area contributed by atoms with Crippen LogP contribution < -0.4 is 4.72 Å². The summed E-state index contributed by atoms with van der Waals surface area (Å²) >= 11 is 0. The summed E-state index contributed by atoms with van der Waals surface area (Å²) in [4.78, 5) is 8.68. The molecule has 116 valence electrons. The lowest BCUT2D eigenvalue weighted by molar-refractivity contribution is 0.602. The fourth-order valence-corrected chi connectivity index (χ4v) is 4.21. The van der Waals surface area contributed by atoms with Gasteiger partial charge in [0.2, 0.25) is 0 Å². The number of benzene rings is 1. The van der Waals surface area contributed by atoms with Gasteiger partial charge in [-0.05, 0) is 48.4 Å². The minimum Gasteiger partial charge on any atom is -0.264 e. The van der Waals surface area contributed by atoms with Crippen molar-refractivity contribution < 1.29 is 8.42 Å². The molecule has 0 radical (unpaired) electrons. The highest BCUT2D eigenvalue weighted by atomic mass is 32.2. The van der Waals surface area contributed by atoms with Crippen molar-refractivity contribution in [3.05, 3.63) is 60.0 Å². The molecule has 4 rings (SSSR count). The number of aryl methyl sites for hydroxylation is 2. The molecule has 1 aliphatic carbocycles. The lowest BCUT2D eigenvalue weighted by Gasteiger charge is -2.10. The first-order chi connectivity index (χ1) is 11.1. The van der Waals surface area contributed by atoms with E-state index in [1.54, 1.807) is 36.7 Å². The van der Waals surface area contributed by atoms with Gasteiger partial charge in [-0.25, -0.2) is 13.4 Å². The Hall–Kier alpha value is -2.47. The van der Waals surface area contributed by atoms with Crippen LogP contribution in [0.25, 0.3) is 10.8 Å². The molecular formula is C17H15N3O2S. The molecule has 0 unspecified atom stereocenters. The van der Waals surface area contributed by atoms with Crippen LogP contribution in [0, 0.1) is 0 Å². The van der Waals surface area contributed by atoms with Crippen LogP contribution in [0.5, 0.6) is 0 Å². The highest BCUT2D eigenvalue weighted by Gasteiger charge is 2.19. The van der Waals surface area contributed by atoms with Gasteiger partial charge in [-0.3, -0.25) is 9.71 Å². The molecule has 0 spiro atoms. The average Bonchev–Trinajstić information content (AvgIpc) is 3.01. The summed E-state index contributed by atoms with van der Waals surface area (Å²) in [6, 6.07) is 10.7. The Morgan fingerprint density at radius 3 is 2.87 bits per heavy atom. The summed E-state index contributed by atoms with van der Waals surface area (Å²) in [5.41, 5.74) is 2.20. The van der Waals surface area contributed by atoms with E-state index >= 15 is 0 Å². The molecule has 0 fully saturated rings. The monoisotopic (exact) mass is 325 g/mol. The Balaban J connectivity index is 1.75. The van der Waals surface area contributed by atoms with Crippen LogP contribution in [-0.2, 0) is 22.9 Å². The number of fused-ring (bicyclic) bond motifs is 2. The van der Waals surface area contributed by atoms with Crippen LogP contribution in [0.1, 0.15) is 17.7 Å². The maximum absolute atomic E-state index is 12.7. The van der Waals surface area contributed by atoms with Gasteiger partial charge in [-0.15, -0.1) is 0 Å². The summed E-state index contributed by atoms with van der Waals surface area (Å²) in [6.07, 6.45) is 6.22. The molecule has 0 atom stereocenters. The van der Waals surface area contributed by atoms with E-state index in [9.17, 15) is 8.42 Å². The van der Waals surface area contributed by atoms with Crippen molar-refractivity contribution in [2.75, 3.05) is 4.72 Å². The molecule has 2 heterocycles. The van der Waals surface area contributed by atoms with Gasteiger partial charge in [-0.2, -0.15) is 0 Å². The number of aromatic nitrogens is 2. The molecule has 0 amide bonds. The highest BCUT2D eigenvalue weighted by Crippen LogP contribution is 2.26. The topological polar surface area (TPSA) is 72.0 Å². The van der Waals surface area contributed by atoms with Crippen molar-refractivity contribution in [2.24, 2.45) is 0 Å². The average molecular weight is 325 g/mol. The van der Waals surface area contributed by atoms with Crippen molar-refractivity contribution in [2.45, 2.75) is 24.2 Å². The van der Waals surface area contributed by atoms with Gasteiger partial charge in [-0.1, -0.05) is 18.2 Å². The van der Waals surface area contributed by atoms with E-state index in [4.69, 9.17) is 0 Å². The van der Waals surface area contributed by atoms with Gasteiger partial charge in [0.1, 0.15) is 5.82 Å². The molecule has 6 heteroatoms. The summed E-state index contributed by atoms with van der Waals surface area (Å²) in [7, 11) is -3.71. The second-order valence-electron chi connectivity index (χ2n) is 5.61. The van der Waals surface area contributed by atoms with Gasteiger partial charge in [0.15, 0.2) is 0 Å². The third-order valence-corrected chi connectivity index (χ3v) is 5.51. The number of hydrogen-bond donors (Lipinski definition) is 1. The third-order valence-electron chi connectivity index (χ3n) is 4.10. The Kier molecular flexibility index (Phi) is 3.27. The predicted molar refractivity (Wildman–Crippen MR) is 88.8 cm³/mol. The number of nitrogens with one attached hydrogen (secondary N) is 1. The van der Waals surface area contributed by atoms with E-state index in [0.717, 1.165) is 30.3 Å². The molecule has 2 aromatic heterocycles. The molecule has 1 aliphatic rings. The largest absolute Gasteiger partial charge is 0.264 e. The van der Waals surface area contributed by atoms with Crippen molar-refractivity contribution in [1.29, 1.82) is 0 Å². The Bertz CT molecular complexity index is 994. The van der Waals surface area contributed by atoms with Crippen molar-refractivity contribution in [3.8, 4) is 0 Å². The SMILES string of the molecule is O=S(=O)(Nc1ccc2c(n1)CCC2)c1cccc2ccncc12. The van der Waals surface area contributed by atoms with Gasteiger partial charge in [0.25, 0.3) is 10.0 Å². The van der Waals surface area contributed by atoms with Crippen molar-refractivity contribution in [3.63, 3.8) is 0 Å². The van der Waals surface area contributed by atoms with E-state index in [1.807, 2.05) is 12.1 Å². The minimum absolute atomic E-state index is 0.213. The first-order valence-electron chi connectivity index (χ1n) is 7.48. The Labute approximate surface area is 134 Å². The molecule has 5 nitrogen and oxygen atoms in total. The minimum atomic E-state index is -3.71. The van der Waals surface area contributed by atoms with Gasteiger partial charge in [0.05, 0.1) is 4.90 Å². The molecule has 3 aromatic rings. The van der Waals surface area contributed by atoms with E-state index in [0.29, 0.717) is 11.2 Å². The lowest BCUT2D eigenvalue weighted by atomic mass is 10.2. The molecule has 0 saturated heterocycles. The zero-order valence-corrected chi connectivity index (χ0v) is 13.2. The maximum atomic E-state index is 12.7. The lowest BCUT2D eigenvalue weighted by Crippen LogP contribution is -2.15. The van der Waals surface area contributed by atoms with E-state index in [-0.39, 0.29) is 4.90 Å². The highest BCUT2D eigenvalue weighted by molar-refractivity contribution is 7.93. The fourth-order valence-electron chi connectivity index (χ4n) is 2.99. The van der Waals surface area contributed by atoms with E-state index in [1.165, 1.54) is 5.56 Å². The van der Waals surface area contributed by atoms with Crippen LogP contribution in [0.2, 0.25) is 0 Å². The maximum Gasteiger partial charge on any atom is 0.263 e. The molecule has 23 heavy (non-hydrogen) atoms. The Morgan fingerprint density at radius 2 is 1.96 bits per heavy atom. The number of hydrogen-bond acceptors (Lipinski definition) is 4. The van der Waals surface area contributed by atoms with Gasteiger partial charge in [0, 0.05) is 23.5 Å². The van der Waals surface area contributed by atoms with Crippen LogP contribution >= 0.6 is 0 Å². The van der Waals surface area contributed by atoms with Crippen LogP contribution in [-0.4, -0.2) is 18.4 Å². The first-order valence-corrected chi connectivity index (χ1v) is 8.96. The summed E-state index contributed by atoms with van der Waals surface area (Å²) in [5, 5.41) is 1.44. The normalized spacial score (nSPS) is 13.9. The number of nitrogens with zero attached hydrogens (tertiary/aromatic N) is 2. The fraction of sp³-hybridized carbons (Fsp3) is 0.176. The predicted octanol–water partition coefficient (Wildman–Crippen LogP) is 2.92. The summed E-state index contributed by atoms with van der Waals surface area (Å²) < 4.78 is 28.1. The second kappa shape index (κ2) is 5.31. The molecule has 0 aliphatic heterocycles. The van der Waals surface area contributed by atoms with E-state index in [2.05, 4.69) is 14.7 Å². The summed E-state index contributed by atoms with van der Waals surface area (Å²) in [6.45, 7) is 0. The Morgan fingerprint density at radius 1 is 1.04 bits per heavy atom. The third kappa shape index (κ3) is 2.55. The molecular weight excluding hydrogens is 310 g/mol. The molecule has 1 aromatic carbocycles. The zero-order valence-electron chi connectivity index (χ0n) is 12.4. The number of anilines is 1. The van der Waals surface area contributed by atoms with Crippen LogP contribution in [0.15, 0.2) is 53.7 Å². The van der Waals surface area contributed by atoms with Crippen LogP contribution in [0.3, 0.4) is 0 Å². The quantitative estimate of drug-likeness (QED) is 0.803. The standard InChI is InChI=1S/C17H15N3O2S/c21-23(22,16-6-2-3-12-9-10-18-11-14(12)16)20-17-8-7-13-4-1-5-15(13)19-17/h2-3,6-11H,1,4-5H2,(H,19,20). The van der Waals surface area contributed by atoms with Crippen LogP contribution in [0.4, 0.5) is 5.82 Å². The number of pyridine rings is 2. The number of sulfonamides is 1. The molecule has 0 saturated carbocycles. The van der Waals surface area contributed by atoms with Crippen molar-refractivity contribution in [1.82, 2.24) is 9.97 Å². The number of rotatable bonds is 3. The second-order valence-corrected chi connectivity index (χ2v) is 7.27. The van der Waals surface area contributed by atoms with Gasteiger partial charge < -0.3 is 0 Å². The van der Waals surface area contributed by atoms with E-state index < -0.39 is 10.0 Å². The smallest absolute Gasteiger partial charge is 0.263 e. The zero-order chi connectivity index (χ0) is 15.9. The van der Waals surface area contributed by atoms with Crippen molar-refractivity contribution >= 4 is 26.6 Å². The molecule has 0 bridgehead atoms. The summed E-state index contributed by atoms with van der Waals surface area (Å²) in [5.74, 6) is 0.367. The molecule has 1 N–H and O–H groups in total. The van der Waals surface area contributed by atoms with Gasteiger partial charge >= 0.3 is 0 Å². The first kappa shape index (κ1) is 14.1.